The molecule has 0 aliphatic carbocycles. The number of carbonyl (C=O) groups is 2. The van der Waals surface area contributed by atoms with E-state index in [2.05, 4.69) is 10.4 Å². The van der Waals surface area contributed by atoms with Gasteiger partial charge in [-0.1, -0.05) is 60.1 Å². The van der Waals surface area contributed by atoms with Crippen LogP contribution in [0.5, 0.6) is 0 Å². The first-order valence-corrected chi connectivity index (χ1v) is 12.0. The zero-order valence-electron chi connectivity index (χ0n) is 20.0. The lowest BCUT2D eigenvalue weighted by atomic mass is 10.1. The first kappa shape index (κ1) is 24.9. The van der Waals surface area contributed by atoms with Gasteiger partial charge in [-0.3, -0.25) is 15.0 Å². The number of aryl methyl sites for hydroxylation is 1. The smallest absolute Gasteiger partial charge is 0.341 e. The van der Waals surface area contributed by atoms with Crippen LogP contribution in [0.4, 0.5) is 10.1 Å². The van der Waals surface area contributed by atoms with Gasteiger partial charge in [0.05, 0.1) is 11.2 Å². The van der Waals surface area contributed by atoms with Gasteiger partial charge < -0.3 is 9.67 Å². The molecule has 0 unspecified atom stereocenters. The Bertz CT molecular complexity index is 1730. The van der Waals surface area contributed by atoms with E-state index >= 15 is 4.39 Å². The van der Waals surface area contributed by atoms with Gasteiger partial charge in [0, 0.05) is 28.7 Å². The lowest BCUT2D eigenvalue weighted by molar-refractivity contribution is -0.121. The number of hydrogen-bond donors (Lipinski definition) is 2. The molecule has 1 aliphatic rings. The molecule has 10 heteroatoms. The van der Waals surface area contributed by atoms with Crippen LogP contribution in [-0.2, 0) is 11.3 Å². The van der Waals surface area contributed by atoms with Crippen molar-refractivity contribution in [3.05, 3.63) is 116 Å². The van der Waals surface area contributed by atoms with Crippen LogP contribution in [0, 0.1) is 5.82 Å². The highest BCUT2D eigenvalue weighted by Gasteiger charge is 2.32. The van der Waals surface area contributed by atoms with Crippen LogP contribution in [-0.4, -0.2) is 32.4 Å². The van der Waals surface area contributed by atoms with Gasteiger partial charge in [-0.05, 0) is 36.8 Å². The number of carboxylic acid groups (broad SMARTS) is 1. The molecule has 2 N–H and O–H groups in total. The van der Waals surface area contributed by atoms with Crippen molar-refractivity contribution in [3.8, 4) is 0 Å². The molecule has 38 heavy (non-hydrogen) atoms. The highest BCUT2D eigenvalue weighted by atomic mass is 35.5. The van der Waals surface area contributed by atoms with Crippen molar-refractivity contribution in [3.63, 3.8) is 0 Å². The molecule has 1 aliphatic heterocycles. The second kappa shape index (κ2) is 9.95. The fourth-order valence-electron chi connectivity index (χ4n) is 4.17. The van der Waals surface area contributed by atoms with Gasteiger partial charge in [0.1, 0.15) is 17.1 Å². The number of aliphatic imine (C=N–C) groups is 1. The molecule has 0 bridgehead atoms. The number of hydrazine groups is 1. The van der Waals surface area contributed by atoms with Gasteiger partial charge in [0.25, 0.3) is 5.91 Å². The van der Waals surface area contributed by atoms with Gasteiger partial charge >= 0.3 is 5.97 Å². The Morgan fingerprint density at radius 3 is 2.50 bits per heavy atom. The molecular weight excluding hydrogens is 511 g/mol. The van der Waals surface area contributed by atoms with E-state index < -0.39 is 28.7 Å². The van der Waals surface area contributed by atoms with Crippen molar-refractivity contribution < 1.29 is 19.1 Å². The van der Waals surface area contributed by atoms with Crippen molar-refractivity contribution in [1.29, 1.82) is 0 Å². The Morgan fingerprint density at radius 1 is 1.11 bits per heavy atom. The van der Waals surface area contributed by atoms with Crippen LogP contribution in [0.1, 0.15) is 28.4 Å². The number of aromatic nitrogens is 1. The fourth-order valence-corrected chi connectivity index (χ4v) is 4.36. The van der Waals surface area contributed by atoms with E-state index in [1.54, 1.807) is 61.5 Å². The summed E-state index contributed by atoms with van der Waals surface area (Å²) in [5, 5.41) is 10.9. The molecule has 8 nitrogen and oxygen atoms in total. The monoisotopic (exact) mass is 530 g/mol. The minimum atomic E-state index is -1.40. The van der Waals surface area contributed by atoms with Crippen LogP contribution in [0.25, 0.3) is 17.0 Å². The third kappa shape index (κ3) is 4.44. The summed E-state index contributed by atoms with van der Waals surface area (Å²) in [6.45, 7) is 2.09. The standard InChI is InChI=1S/C28H20ClFN4O4/c1-2-33-15-19(28(37)38)25(35)18-13-21(30)22(14-24(18)33)32-34-26(16-8-4-3-5-9-16)31-23(27(34)36)12-17-10-6-7-11-20(17)29/h3-15,32H,2H2,1H3,(H,37,38). The third-order valence-corrected chi connectivity index (χ3v) is 6.41. The van der Waals surface area contributed by atoms with E-state index in [0.717, 1.165) is 11.1 Å². The van der Waals surface area contributed by atoms with E-state index in [-0.39, 0.29) is 22.6 Å². The van der Waals surface area contributed by atoms with Gasteiger partial charge in [-0.2, -0.15) is 5.01 Å². The predicted octanol–water partition coefficient (Wildman–Crippen LogP) is 5.17. The van der Waals surface area contributed by atoms with Crippen LogP contribution in [0.2, 0.25) is 5.02 Å². The molecule has 1 amide bonds. The predicted molar refractivity (Wildman–Crippen MR) is 144 cm³/mol. The number of amidine groups is 1. The number of amides is 1. The lowest BCUT2D eigenvalue weighted by Crippen LogP contribution is -2.38. The summed E-state index contributed by atoms with van der Waals surface area (Å²) < 4.78 is 16.8. The summed E-state index contributed by atoms with van der Waals surface area (Å²) in [5.41, 5.74) is 3.05. The second-order valence-electron chi connectivity index (χ2n) is 8.42. The molecule has 2 heterocycles. The number of halogens is 2. The minimum absolute atomic E-state index is 0.0844. The van der Waals surface area contributed by atoms with Gasteiger partial charge in [0.2, 0.25) is 5.43 Å². The van der Waals surface area contributed by atoms with E-state index in [1.165, 1.54) is 16.8 Å². The second-order valence-corrected chi connectivity index (χ2v) is 8.82. The molecule has 0 radical (unpaired) electrons. The first-order valence-electron chi connectivity index (χ1n) is 11.6. The molecule has 0 saturated carbocycles. The number of anilines is 1. The van der Waals surface area contributed by atoms with Crippen molar-refractivity contribution in [1.82, 2.24) is 9.58 Å². The number of fused-ring (bicyclic) bond motifs is 1. The molecule has 5 rings (SSSR count). The van der Waals surface area contributed by atoms with E-state index in [1.807, 2.05) is 6.07 Å². The summed E-state index contributed by atoms with van der Waals surface area (Å²) in [4.78, 5) is 42.2. The Hall–Kier alpha value is -4.76. The summed E-state index contributed by atoms with van der Waals surface area (Å²) in [6, 6.07) is 18.2. The topological polar surface area (TPSA) is 104 Å². The lowest BCUT2D eigenvalue weighted by Gasteiger charge is -2.21. The van der Waals surface area contributed by atoms with Crippen LogP contribution in [0.3, 0.4) is 0 Å². The van der Waals surface area contributed by atoms with E-state index in [0.29, 0.717) is 28.2 Å². The summed E-state index contributed by atoms with van der Waals surface area (Å²) in [6.07, 6.45) is 2.77. The number of nitrogens with zero attached hydrogens (tertiary/aromatic N) is 3. The number of carboxylic acids is 1. The van der Waals surface area contributed by atoms with Crippen LogP contribution >= 0.6 is 11.6 Å². The first-order chi connectivity index (χ1) is 18.3. The third-order valence-electron chi connectivity index (χ3n) is 6.06. The molecule has 190 valence electrons. The summed E-state index contributed by atoms with van der Waals surface area (Å²) >= 11 is 6.27. The normalized spacial score (nSPS) is 14.3. The van der Waals surface area contributed by atoms with Crippen molar-refractivity contribution in [2.24, 2.45) is 4.99 Å². The molecule has 3 aromatic carbocycles. The van der Waals surface area contributed by atoms with E-state index in [4.69, 9.17) is 11.6 Å². The van der Waals surface area contributed by atoms with E-state index in [9.17, 15) is 19.5 Å². The van der Waals surface area contributed by atoms with Crippen molar-refractivity contribution >= 4 is 52.0 Å². The molecule has 0 saturated heterocycles. The average molecular weight is 531 g/mol. The van der Waals surface area contributed by atoms with Crippen molar-refractivity contribution in [2.45, 2.75) is 13.5 Å². The summed E-state index contributed by atoms with van der Waals surface area (Å²) in [5.74, 6) is -2.55. The number of carbonyl (C=O) groups excluding carboxylic acids is 1. The van der Waals surface area contributed by atoms with Crippen molar-refractivity contribution in [2.75, 3.05) is 5.43 Å². The zero-order valence-corrected chi connectivity index (χ0v) is 20.7. The molecule has 0 atom stereocenters. The number of aromatic carboxylic acids is 1. The maximum atomic E-state index is 15.3. The molecule has 0 spiro atoms. The number of hydrogen-bond acceptors (Lipinski definition) is 5. The fraction of sp³-hybridized carbons (Fsp3) is 0.0714. The Labute approximate surface area is 220 Å². The Morgan fingerprint density at radius 2 is 1.82 bits per heavy atom. The highest BCUT2D eigenvalue weighted by molar-refractivity contribution is 6.32. The largest absolute Gasteiger partial charge is 0.477 e. The quantitative estimate of drug-likeness (QED) is 0.335. The molecule has 0 fully saturated rings. The van der Waals surface area contributed by atoms with Crippen LogP contribution < -0.4 is 10.9 Å². The Kier molecular flexibility index (Phi) is 6.52. The van der Waals surface area contributed by atoms with Gasteiger partial charge in [-0.25, -0.2) is 14.2 Å². The summed E-state index contributed by atoms with van der Waals surface area (Å²) in [7, 11) is 0. The Balaban J connectivity index is 1.62. The maximum absolute atomic E-state index is 15.3. The maximum Gasteiger partial charge on any atom is 0.341 e. The molecule has 1 aromatic heterocycles. The number of pyridine rings is 1. The SMILES string of the molecule is CCn1cc(C(=O)O)c(=O)c2cc(F)c(NN3C(=O)C(=Cc4ccccc4Cl)N=C3c3ccccc3)cc21. The number of nitrogens with one attached hydrogen (secondary N) is 1. The highest BCUT2D eigenvalue weighted by Crippen LogP contribution is 2.28. The zero-order chi connectivity index (χ0) is 27.0. The minimum Gasteiger partial charge on any atom is -0.477 e. The number of benzene rings is 3. The van der Waals surface area contributed by atoms with Gasteiger partial charge in [0.15, 0.2) is 5.84 Å². The number of rotatable bonds is 6. The average Bonchev–Trinajstić information content (AvgIpc) is 3.21. The molecule has 4 aromatic rings. The van der Waals surface area contributed by atoms with Crippen LogP contribution in [0.15, 0.2) is 88.4 Å². The molecular formula is C28H20ClFN4O4. The van der Waals surface area contributed by atoms with Gasteiger partial charge in [-0.15, -0.1) is 0 Å².